The Bertz CT molecular complexity index is 1630. The zero-order chi connectivity index (χ0) is 27.3. The lowest BCUT2D eigenvalue weighted by atomic mass is 9.88. The average molecular weight is 525 g/mol. The zero-order valence-electron chi connectivity index (χ0n) is 22.2. The molecule has 1 aliphatic rings. The molecule has 5 aromatic rings. The molecule has 1 aliphatic carbocycles. The molecule has 4 heteroatoms. The van der Waals surface area contributed by atoms with Crippen LogP contribution in [-0.4, -0.2) is 12.2 Å². The maximum Gasteiger partial charge on any atom is 0.233 e. The highest BCUT2D eigenvalue weighted by molar-refractivity contribution is 5.96. The molecule has 1 atom stereocenters. The number of fused-ring (bicyclic) bond motifs is 1. The lowest BCUT2D eigenvalue weighted by Crippen LogP contribution is -2.23. The maximum absolute atomic E-state index is 13.7. The minimum Gasteiger partial charge on any atom is -0.456 e. The standard InChI is InChI=1S/C36H30NO3/c38-24-26-12-10-25(11-13-26)22-33(29-16-14-28(15-17-29)27-6-2-1-3-7-27)36(39)37-32-20-18-30(19-21-32)35-23-31-8-4-5-9-34(31)40-35/h4-6,8-21,23,33H,1-3,7,22H2,(H,37,39). The van der Waals surface area contributed by atoms with Crippen molar-refractivity contribution in [2.75, 3.05) is 5.32 Å². The molecule has 40 heavy (non-hydrogen) atoms. The fourth-order valence-electron chi connectivity index (χ4n) is 5.41. The van der Waals surface area contributed by atoms with E-state index in [2.05, 4.69) is 35.7 Å². The fraction of sp³-hybridized carbons (Fsp3) is 0.167. The van der Waals surface area contributed by atoms with E-state index in [4.69, 9.17) is 4.42 Å². The van der Waals surface area contributed by atoms with Gasteiger partial charge in [0.2, 0.25) is 12.2 Å². The second-order valence-corrected chi connectivity index (χ2v) is 10.4. The number of hydrogen-bond donors (Lipinski definition) is 1. The first-order chi connectivity index (χ1) is 19.7. The summed E-state index contributed by atoms with van der Waals surface area (Å²) in [6, 6.07) is 33.4. The second-order valence-electron chi connectivity index (χ2n) is 10.4. The van der Waals surface area contributed by atoms with Crippen LogP contribution in [0.15, 0.2) is 114 Å². The van der Waals surface area contributed by atoms with Gasteiger partial charge >= 0.3 is 0 Å². The Kier molecular flexibility index (Phi) is 7.41. The highest BCUT2D eigenvalue weighted by Gasteiger charge is 2.22. The van der Waals surface area contributed by atoms with Crippen molar-refractivity contribution in [1.29, 1.82) is 0 Å². The molecular formula is C36H30NO3. The molecule has 1 heterocycles. The van der Waals surface area contributed by atoms with Gasteiger partial charge in [-0.3, -0.25) is 9.59 Å². The van der Waals surface area contributed by atoms with Gasteiger partial charge in [0.1, 0.15) is 11.3 Å². The number of amides is 1. The van der Waals surface area contributed by atoms with Crippen molar-refractivity contribution in [2.45, 2.75) is 38.0 Å². The number of allylic oxidation sites excluding steroid dienone is 2. The molecule has 1 unspecified atom stereocenters. The number of nitrogens with one attached hydrogen (secondary N) is 1. The first kappa shape index (κ1) is 25.6. The molecule has 4 aromatic carbocycles. The van der Waals surface area contributed by atoms with Crippen LogP contribution < -0.4 is 5.32 Å². The number of carbonyl (C=O) groups is 1. The van der Waals surface area contributed by atoms with Gasteiger partial charge in [-0.05, 0) is 90.8 Å². The van der Waals surface area contributed by atoms with Crippen molar-refractivity contribution in [3.8, 4) is 11.3 Å². The van der Waals surface area contributed by atoms with Gasteiger partial charge in [0.15, 0.2) is 0 Å². The van der Waals surface area contributed by atoms with Crippen LogP contribution in [0.1, 0.15) is 53.9 Å². The Morgan fingerprint density at radius 2 is 1.60 bits per heavy atom. The van der Waals surface area contributed by atoms with Gasteiger partial charge in [0, 0.05) is 22.2 Å². The summed E-state index contributed by atoms with van der Waals surface area (Å²) < 4.78 is 5.99. The van der Waals surface area contributed by atoms with Gasteiger partial charge < -0.3 is 9.73 Å². The molecule has 1 N–H and O–H groups in total. The summed E-state index contributed by atoms with van der Waals surface area (Å²) in [6.45, 7) is 0. The predicted octanol–water partition coefficient (Wildman–Crippen LogP) is 8.48. The van der Waals surface area contributed by atoms with Gasteiger partial charge in [0.05, 0.1) is 5.92 Å². The maximum atomic E-state index is 13.7. The number of para-hydroxylation sites is 1. The van der Waals surface area contributed by atoms with Crippen LogP contribution in [0.25, 0.3) is 27.9 Å². The Morgan fingerprint density at radius 3 is 2.30 bits per heavy atom. The van der Waals surface area contributed by atoms with Gasteiger partial charge in [0.25, 0.3) is 0 Å². The fourth-order valence-corrected chi connectivity index (χ4v) is 5.41. The predicted molar refractivity (Wildman–Crippen MR) is 161 cm³/mol. The molecule has 0 bridgehead atoms. The molecule has 1 aromatic heterocycles. The van der Waals surface area contributed by atoms with Crippen LogP contribution >= 0.6 is 0 Å². The third-order valence-corrected chi connectivity index (χ3v) is 7.67. The molecule has 0 saturated carbocycles. The molecule has 197 valence electrons. The van der Waals surface area contributed by atoms with Crippen molar-refractivity contribution in [2.24, 2.45) is 0 Å². The Labute approximate surface area is 234 Å². The van der Waals surface area contributed by atoms with E-state index >= 15 is 0 Å². The van der Waals surface area contributed by atoms with Gasteiger partial charge in [-0.2, -0.15) is 0 Å². The van der Waals surface area contributed by atoms with Gasteiger partial charge in [-0.15, -0.1) is 0 Å². The molecule has 0 saturated heterocycles. The van der Waals surface area contributed by atoms with Crippen molar-refractivity contribution in [3.63, 3.8) is 0 Å². The molecule has 6 rings (SSSR count). The number of hydrogen-bond acceptors (Lipinski definition) is 3. The molecular weight excluding hydrogens is 494 g/mol. The smallest absolute Gasteiger partial charge is 0.233 e. The number of anilines is 1. The van der Waals surface area contributed by atoms with Crippen molar-refractivity contribution >= 4 is 34.4 Å². The summed E-state index contributed by atoms with van der Waals surface area (Å²) in [6.07, 6.45) is 9.48. The monoisotopic (exact) mass is 524 g/mol. The third-order valence-electron chi connectivity index (χ3n) is 7.67. The summed E-state index contributed by atoms with van der Waals surface area (Å²) in [7, 11) is 0. The molecule has 0 fully saturated rings. The molecule has 4 nitrogen and oxygen atoms in total. The molecule has 0 spiro atoms. The Hall–Kier alpha value is -4.70. The van der Waals surface area contributed by atoms with Gasteiger partial charge in [-0.25, -0.2) is 0 Å². The normalized spacial score (nSPS) is 13.9. The summed E-state index contributed by atoms with van der Waals surface area (Å²) >= 11 is 0. The largest absolute Gasteiger partial charge is 0.456 e. The second kappa shape index (κ2) is 11.6. The van der Waals surface area contributed by atoms with Crippen molar-refractivity contribution in [1.82, 2.24) is 0 Å². The first-order valence-electron chi connectivity index (χ1n) is 13.8. The number of benzene rings is 4. The van der Waals surface area contributed by atoms with E-state index in [9.17, 15) is 9.59 Å². The summed E-state index contributed by atoms with van der Waals surface area (Å²) in [5.41, 5.74) is 7.59. The minimum atomic E-state index is -0.393. The SMILES string of the molecule is O=[C]c1ccc(CC(C(=O)Nc2ccc(-c3cc4ccccc4o3)cc2)c2ccc(C3=CCCCC3)cc2)cc1. The third kappa shape index (κ3) is 5.67. The van der Waals surface area contributed by atoms with Crippen LogP contribution in [0.2, 0.25) is 0 Å². The summed E-state index contributed by atoms with van der Waals surface area (Å²) in [5, 5.41) is 4.18. The van der Waals surface area contributed by atoms with Crippen LogP contribution in [0.3, 0.4) is 0 Å². The highest BCUT2D eigenvalue weighted by atomic mass is 16.3. The van der Waals surface area contributed by atoms with E-state index in [1.165, 1.54) is 24.0 Å². The van der Waals surface area contributed by atoms with E-state index in [0.29, 0.717) is 12.0 Å². The van der Waals surface area contributed by atoms with E-state index < -0.39 is 5.92 Å². The highest BCUT2D eigenvalue weighted by Crippen LogP contribution is 2.31. The Morgan fingerprint density at radius 1 is 0.850 bits per heavy atom. The van der Waals surface area contributed by atoms with E-state index in [1.807, 2.05) is 73.0 Å². The number of furan rings is 1. The summed E-state index contributed by atoms with van der Waals surface area (Å²) in [4.78, 5) is 24.7. The topological polar surface area (TPSA) is 59.3 Å². The Balaban J connectivity index is 1.23. The number of rotatable bonds is 8. The quantitative estimate of drug-likeness (QED) is 0.221. The van der Waals surface area contributed by atoms with Crippen LogP contribution in [-0.2, 0) is 16.0 Å². The lowest BCUT2D eigenvalue weighted by molar-refractivity contribution is -0.117. The minimum absolute atomic E-state index is 0.0767. The van der Waals surface area contributed by atoms with Crippen molar-refractivity contribution < 1.29 is 14.0 Å². The molecule has 1 amide bonds. The van der Waals surface area contributed by atoms with E-state index in [1.54, 1.807) is 12.1 Å². The molecule has 1 radical (unpaired) electrons. The van der Waals surface area contributed by atoms with Crippen LogP contribution in [0.4, 0.5) is 5.69 Å². The summed E-state index contributed by atoms with van der Waals surface area (Å²) in [5.74, 6) is 0.323. The van der Waals surface area contributed by atoms with Crippen molar-refractivity contribution in [3.05, 3.63) is 131 Å². The van der Waals surface area contributed by atoms with Crippen LogP contribution in [0.5, 0.6) is 0 Å². The van der Waals surface area contributed by atoms with E-state index in [-0.39, 0.29) is 5.91 Å². The molecule has 0 aliphatic heterocycles. The van der Waals surface area contributed by atoms with Crippen LogP contribution in [0, 0.1) is 0 Å². The van der Waals surface area contributed by atoms with E-state index in [0.717, 1.165) is 51.9 Å². The lowest BCUT2D eigenvalue weighted by Gasteiger charge is -2.19. The van der Waals surface area contributed by atoms with Gasteiger partial charge in [-0.1, -0.05) is 72.8 Å². The first-order valence-corrected chi connectivity index (χ1v) is 13.8. The average Bonchev–Trinajstić information content (AvgIpc) is 3.45. The zero-order valence-corrected chi connectivity index (χ0v) is 22.2. The number of carbonyl (C=O) groups excluding carboxylic acids is 2.